The molecule has 1 aliphatic carbocycles. The van der Waals surface area contributed by atoms with Crippen LogP contribution in [0, 0.1) is 5.82 Å². The van der Waals surface area contributed by atoms with E-state index in [0.717, 1.165) is 44.3 Å². The third kappa shape index (κ3) is 5.02. The smallest absolute Gasteiger partial charge is 0.246 e. The minimum absolute atomic E-state index is 0.00514. The molecular weight excluding hydrogens is 307 g/mol. The minimum atomic E-state index is -0.142. The second-order valence-electron chi connectivity index (χ2n) is 6.93. The fourth-order valence-corrected chi connectivity index (χ4v) is 3.62. The zero-order chi connectivity index (χ0) is 16.8. The molecule has 1 aliphatic heterocycles. The van der Waals surface area contributed by atoms with Crippen molar-refractivity contribution >= 4 is 5.91 Å². The largest absolute Gasteiger partial charge is 0.368 e. The minimum Gasteiger partial charge on any atom is -0.368 e. The first-order valence-corrected chi connectivity index (χ1v) is 9.07. The molecule has 0 atom stereocenters. The van der Waals surface area contributed by atoms with Gasteiger partial charge >= 0.3 is 0 Å². The monoisotopic (exact) mass is 334 g/mol. The summed E-state index contributed by atoms with van der Waals surface area (Å²) in [6, 6.07) is 7.14. The first kappa shape index (κ1) is 17.4. The number of hydrogen-bond donors (Lipinski definition) is 1. The molecule has 24 heavy (non-hydrogen) atoms. The van der Waals surface area contributed by atoms with E-state index in [2.05, 4.69) is 10.2 Å². The van der Waals surface area contributed by atoms with Gasteiger partial charge in [-0.15, -0.1) is 0 Å². The fourth-order valence-electron chi connectivity index (χ4n) is 3.62. The maximum Gasteiger partial charge on any atom is 0.246 e. The molecule has 1 saturated carbocycles. The molecular formula is C19H27FN2O2. The van der Waals surface area contributed by atoms with Gasteiger partial charge in [0.25, 0.3) is 0 Å². The third-order valence-corrected chi connectivity index (χ3v) is 5.06. The van der Waals surface area contributed by atoms with E-state index in [1.54, 1.807) is 6.07 Å². The van der Waals surface area contributed by atoms with Gasteiger partial charge in [-0.3, -0.25) is 9.69 Å². The van der Waals surface area contributed by atoms with Crippen LogP contribution < -0.4 is 5.32 Å². The SMILES string of the molecule is O=C(COC1CCCC1)NC1CCN(Cc2ccccc2F)CC1. The molecule has 1 heterocycles. The highest BCUT2D eigenvalue weighted by molar-refractivity contribution is 5.77. The highest BCUT2D eigenvalue weighted by atomic mass is 19.1. The van der Waals surface area contributed by atoms with Gasteiger partial charge in [-0.1, -0.05) is 31.0 Å². The second-order valence-corrected chi connectivity index (χ2v) is 6.93. The molecule has 1 aromatic carbocycles. The summed E-state index contributed by atoms with van der Waals surface area (Å²) in [6.45, 7) is 2.57. The van der Waals surface area contributed by atoms with Crippen LogP contribution in [-0.2, 0) is 16.1 Å². The van der Waals surface area contributed by atoms with Gasteiger partial charge in [-0.2, -0.15) is 0 Å². The van der Waals surface area contributed by atoms with Crippen LogP contribution in [0.5, 0.6) is 0 Å². The Morgan fingerprint density at radius 1 is 1.17 bits per heavy atom. The Kier molecular flexibility index (Phi) is 6.21. The lowest BCUT2D eigenvalue weighted by Gasteiger charge is -2.32. The zero-order valence-electron chi connectivity index (χ0n) is 14.2. The summed E-state index contributed by atoms with van der Waals surface area (Å²) in [5.74, 6) is -0.147. The van der Waals surface area contributed by atoms with Crippen LogP contribution in [0.25, 0.3) is 0 Å². The van der Waals surface area contributed by atoms with Gasteiger partial charge in [0, 0.05) is 31.2 Å². The Labute approximate surface area is 143 Å². The molecule has 0 radical (unpaired) electrons. The highest BCUT2D eigenvalue weighted by Crippen LogP contribution is 2.20. The average molecular weight is 334 g/mol. The molecule has 1 amide bonds. The maximum absolute atomic E-state index is 13.7. The Morgan fingerprint density at radius 3 is 2.58 bits per heavy atom. The van der Waals surface area contributed by atoms with E-state index in [1.807, 2.05) is 12.1 Å². The fraction of sp³-hybridized carbons (Fsp3) is 0.632. The van der Waals surface area contributed by atoms with Crippen LogP contribution in [0.4, 0.5) is 4.39 Å². The molecule has 4 nitrogen and oxygen atoms in total. The third-order valence-electron chi connectivity index (χ3n) is 5.06. The lowest BCUT2D eigenvalue weighted by Crippen LogP contribution is -2.45. The van der Waals surface area contributed by atoms with Gasteiger partial charge in [0.1, 0.15) is 12.4 Å². The van der Waals surface area contributed by atoms with Crippen molar-refractivity contribution < 1.29 is 13.9 Å². The van der Waals surface area contributed by atoms with Crippen molar-refractivity contribution in [2.24, 2.45) is 0 Å². The van der Waals surface area contributed by atoms with Gasteiger partial charge < -0.3 is 10.1 Å². The number of nitrogens with zero attached hydrogens (tertiary/aromatic N) is 1. The lowest BCUT2D eigenvalue weighted by atomic mass is 10.0. The molecule has 132 valence electrons. The highest BCUT2D eigenvalue weighted by Gasteiger charge is 2.22. The topological polar surface area (TPSA) is 41.6 Å². The quantitative estimate of drug-likeness (QED) is 0.870. The van der Waals surface area contributed by atoms with Gasteiger partial charge in [-0.25, -0.2) is 4.39 Å². The summed E-state index contributed by atoms with van der Waals surface area (Å²) in [6.07, 6.45) is 6.69. The van der Waals surface area contributed by atoms with Gasteiger partial charge in [0.2, 0.25) is 5.91 Å². The van der Waals surface area contributed by atoms with Gasteiger partial charge in [0.05, 0.1) is 6.10 Å². The summed E-state index contributed by atoms with van der Waals surface area (Å²) in [5.41, 5.74) is 0.741. The van der Waals surface area contributed by atoms with Crippen molar-refractivity contribution in [1.82, 2.24) is 10.2 Å². The Morgan fingerprint density at radius 2 is 1.88 bits per heavy atom. The summed E-state index contributed by atoms with van der Waals surface area (Å²) in [7, 11) is 0. The first-order valence-electron chi connectivity index (χ1n) is 9.07. The molecule has 5 heteroatoms. The van der Waals surface area contributed by atoms with Crippen molar-refractivity contribution in [2.75, 3.05) is 19.7 Å². The van der Waals surface area contributed by atoms with Crippen molar-refractivity contribution in [2.45, 2.75) is 57.2 Å². The zero-order valence-corrected chi connectivity index (χ0v) is 14.2. The normalized spacial score (nSPS) is 20.4. The molecule has 2 fully saturated rings. The van der Waals surface area contributed by atoms with E-state index < -0.39 is 0 Å². The van der Waals surface area contributed by atoms with Crippen LogP contribution in [0.3, 0.4) is 0 Å². The van der Waals surface area contributed by atoms with E-state index in [0.29, 0.717) is 6.54 Å². The molecule has 1 aromatic rings. The van der Waals surface area contributed by atoms with E-state index in [4.69, 9.17) is 4.74 Å². The number of likely N-dealkylation sites (tertiary alicyclic amines) is 1. The molecule has 0 spiro atoms. The number of hydrogen-bond acceptors (Lipinski definition) is 3. The number of ether oxygens (including phenoxy) is 1. The number of rotatable bonds is 6. The van der Waals surface area contributed by atoms with Crippen LogP contribution in [0.2, 0.25) is 0 Å². The molecule has 0 unspecified atom stereocenters. The Balaban J connectivity index is 1.35. The van der Waals surface area contributed by atoms with Crippen LogP contribution in [-0.4, -0.2) is 42.6 Å². The van der Waals surface area contributed by atoms with Gasteiger partial charge in [-0.05, 0) is 31.7 Å². The molecule has 3 rings (SSSR count). The predicted molar refractivity (Wildman–Crippen MR) is 91.0 cm³/mol. The first-order chi connectivity index (χ1) is 11.7. The second kappa shape index (κ2) is 8.58. The summed E-state index contributed by atoms with van der Waals surface area (Å²) >= 11 is 0. The predicted octanol–water partition coefficient (Wildman–Crippen LogP) is 2.87. The Bertz CT molecular complexity index is 538. The standard InChI is InChI=1S/C19H27FN2O2/c20-18-8-4-1-5-15(18)13-22-11-9-16(10-12-22)21-19(23)14-24-17-6-2-3-7-17/h1,4-5,8,16-17H,2-3,6-7,9-14H2,(H,21,23). The maximum atomic E-state index is 13.7. The number of nitrogens with one attached hydrogen (secondary N) is 1. The van der Waals surface area contributed by atoms with Crippen molar-refractivity contribution in [3.63, 3.8) is 0 Å². The number of carbonyl (C=O) groups is 1. The summed E-state index contributed by atoms with van der Waals surface area (Å²) < 4.78 is 19.4. The number of carbonyl (C=O) groups excluding carboxylic acids is 1. The van der Waals surface area contributed by atoms with Crippen LogP contribution >= 0.6 is 0 Å². The van der Waals surface area contributed by atoms with Crippen molar-refractivity contribution in [3.05, 3.63) is 35.6 Å². The number of piperidine rings is 1. The van der Waals surface area contributed by atoms with Crippen LogP contribution in [0.1, 0.15) is 44.1 Å². The number of benzene rings is 1. The van der Waals surface area contributed by atoms with E-state index in [1.165, 1.54) is 18.9 Å². The Hall–Kier alpha value is -1.46. The van der Waals surface area contributed by atoms with Gasteiger partial charge in [0.15, 0.2) is 0 Å². The molecule has 1 N–H and O–H groups in total. The van der Waals surface area contributed by atoms with E-state index in [-0.39, 0.29) is 30.5 Å². The van der Waals surface area contributed by atoms with Crippen molar-refractivity contribution in [3.8, 4) is 0 Å². The molecule has 0 bridgehead atoms. The number of amides is 1. The molecule has 1 saturated heterocycles. The molecule has 0 aromatic heterocycles. The van der Waals surface area contributed by atoms with E-state index >= 15 is 0 Å². The van der Waals surface area contributed by atoms with Crippen LogP contribution in [0.15, 0.2) is 24.3 Å². The lowest BCUT2D eigenvalue weighted by molar-refractivity contribution is -0.128. The summed E-state index contributed by atoms with van der Waals surface area (Å²) in [4.78, 5) is 14.2. The summed E-state index contributed by atoms with van der Waals surface area (Å²) in [5, 5.41) is 3.07. The van der Waals surface area contributed by atoms with Crippen molar-refractivity contribution in [1.29, 1.82) is 0 Å². The number of halogens is 1. The van der Waals surface area contributed by atoms with E-state index in [9.17, 15) is 9.18 Å². The average Bonchev–Trinajstić information content (AvgIpc) is 3.10. The molecule has 2 aliphatic rings.